The summed E-state index contributed by atoms with van der Waals surface area (Å²) in [5.74, 6) is 2.55. The molecule has 0 amide bonds. The monoisotopic (exact) mass is 406 g/mol. The van der Waals surface area contributed by atoms with Crippen molar-refractivity contribution in [2.45, 2.75) is 6.92 Å². The molecular formula is C19H14N6OS2. The topological polar surface area (TPSA) is 78.6 Å². The second kappa shape index (κ2) is 6.77. The number of rotatable bonds is 4. The summed E-state index contributed by atoms with van der Waals surface area (Å²) in [5.41, 5.74) is 1.92. The molecule has 0 aliphatic carbocycles. The molecular weight excluding hydrogens is 392 g/mol. The summed E-state index contributed by atoms with van der Waals surface area (Å²) in [5, 5.41) is 18.2. The van der Waals surface area contributed by atoms with Crippen molar-refractivity contribution in [2.24, 2.45) is 0 Å². The standard InChI is InChI=1S/C19H14N6OS2/c1-11-20-18(16-14(10-28-19(16)21-11)15-7-4-8-27-15)25-23-17(22-24-25)12-5-3-6-13(9-12)26-2/h3-10H,1-2H3. The lowest BCUT2D eigenvalue weighted by Crippen LogP contribution is -2.05. The summed E-state index contributed by atoms with van der Waals surface area (Å²) in [6.07, 6.45) is 0. The van der Waals surface area contributed by atoms with Crippen molar-refractivity contribution in [1.82, 2.24) is 30.2 Å². The van der Waals surface area contributed by atoms with Gasteiger partial charge in [-0.2, -0.15) is 0 Å². The molecule has 0 saturated carbocycles. The fourth-order valence-electron chi connectivity index (χ4n) is 2.97. The van der Waals surface area contributed by atoms with Gasteiger partial charge < -0.3 is 4.74 Å². The molecule has 4 heterocycles. The maximum absolute atomic E-state index is 5.29. The Bertz CT molecular complexity index is 1280. The summed E-state index contributed by atoms with van der Waals surface area (Å²) >= 11 is 3.27. The van der Waals surface area contributed by atoms with E-state index < -0.39 is 0 Å². The Morgan fingerprint density at radius 2 is 2.00 bits per heavy atom. The average Bonchev–Trinajstić information content (AvgIpc) is 3.46. The minimum absolute atomic E-state index is 0.510. The summed E-state index contributed by atoms with van der Waals surface area (Å²) in [6, 6.07) is 11.7. The highest BCUT2D eigenvalue weighted by molar-refractivity contribution is 7.18. The van der Waals surface area contributed by atoms with E-state index in [1.165, 1.54) is 4.80 Å². The van der Waals surface area contributed by atoms with Gasteiger partial charge in [0.2, 0.25) is 5.82 Å². The SMILES string of the molecule is COc1cccc(-c2nnn(-c3nc(C)nc4scc(-c5cccs5)c34)n2)c1. The van der Waals surface area contributed by atoms with E-state index in [0.717, 1.165) is 32.0 Å². The van der Waals surface area contributed by atoms with Crippen LogP contribution in [0.5, 0.6) is 5.75 Å². The molecule has 0 fully saturated rings. The number of tetrazole rings is 1. The third-order valence-corrected chi connectivity index (χ3v) is 6.02. The first kappa shape index (κ1) is 17.0. The Labute approximate surface area is 168 Å². The molecule has 5 rings (SSSR count). The quantitative estimate of drug-likeness (QED) is 0.441. The van der Waals surface area contributed by atoms with E-state index in [-0.39, 0.29) is 0 Å². The molecule has 138 valence electrons. The van der Waals surface area contributed by atoms with Gasteiger partial charge in [-0.25, -0.2) is 9.97 Å². The van der Waals surface area contributed by atoms with Crippen LogP contribution in [0.15, 0.2) is 47.2 Å². The van der Waals surface area contributed by atoms with Gasteiger partial charge in [-0.1, -0.05) is 18.2 Å². The smallest absolute Gasteiger partial charge is 0.205 e. The van der Waals surface area contributed by atoms with Gasteiger partial charge in [0.05, 0.1) is 12.5 Å². The van der Waals surface area contributed by atoms with Gasteiger partial charge in [-0.3, -0.25) is 0 Å². The van der Waals surface area contributed by atoms with Gasteiger partial charge in [0.1, 0.15) is 16.4 Å². The number of hydrogen-bond donors (Lipinski definition) is 0. The van der Waals surface area contributed by atoms with Gasteiger partial charge >= 0.3 is 0 Å². The first-order chi connectivity index (χ1) is 13.7. The summed E-state index contributed by atoms with van der Waals surface area (Å²) in [6.45, 7) is 1.87. The lowest BCUT2D eigenvalue weighted by Gasteiger charge is -2.04. The van der Waals surface area contributed by atoms with E-state index in [9.17, 15) is 0 Å². The van der Waals surface area contributed by atoms with Crippen LogP contribution in [0.2, 0.25) is 0 Å². The average molecular weight is 406 g/mol. The molecule has 0 unspecified atom stereocenters. The molecule has 0 saturated heterocycles. The fourth-order valence-corrected chi connectivity index (χ4v) is 4.77. The first-order valence-electron chi connectivity index (χ1n) is 8.47. The minimum Gasteiger partial charge on any atom is -0.497 e. The van der Waals surface area contributed by atoms with Crippen LogP contribution in [0.3, 0.4) is 0 Å². The molecule has 1 aromatic carbocycles. The van der Waals surface area contributed by atoms with Crippen molar-refractivity contribution in [2.75, 3.05) is 7.11 Å². The van der Waals surface area contributed by atoms with Gasteiger partial charge in [-0.05, 0) is 35.7 Å². The van der Waals surface area contributed by atoms with Crippen LogP contribution < -0.4 is 4.74 Å². The molecule has 0 spiro atoms. The summed E-state index contributed by atoms with van der Waals surface area (Å²) in [4.78, 5) is 12.8. The summed E-state index contributed by atoms with van der Waals surface area (Å²) < 4.78 is 5.29. The Balaban J connectivity index is 1.67. The van der Waals surface area contributed by atoms with E-state index in [4.69, 9.17) is 4.74 Å². The molecule has 4 aromatic heterocycles. The highest BCUT2D eigenvalue weighted by Crippen LogP contribution is 2.38. The van der Waals surface area contributed by atoms with Crippen LogP contribution in [-0.4, -0.2) is 37.3 Å². The number of methoxy groups -OCH3 is 1. The zero-order valence-electron chi connectivity index (χ0n) is 15.0. The number of thiophene rings is 2. The Morgan fingerprint density at radius 3 is 2.82 bits per heavy atom. The van der Waals surface area contributed by atoms with Crippen LogP contribution in [0.25, 0.3) is 37.9 Å². The highest BCUT2D eigenvalue weighted by atomic mass is 32.1. The molecule has 0 aliphatic rings. The second-order valence-electron chi connectivity index (χ2n) is 6.04. The zero-order chi connectivity index (χ0) is 19.1. The highest BCUT2D eigenvalue weighted by Gasteiger charge is 2.19. The van der Waals surface area contributed by atoms with Crippen molar-refractivity contribution in [3.63, 3.8) is 0 Å². The van der Waals surface area contributed by atoms with Gasteiger partial charge in [0, 0.05) is 21.4 Å². The molecule has 0 bridgehead atoms. The number of ether oxygens (including phenoxy) is 1. The first-order valence-corrected chi connectivity index (χ1v) is 10.2. The van der Waals surface area contributed by atoms with E-state index in [1.54, 1.807) is 29.8 Å². The molecule has 0 aliphatic heterocycles. The number of aromatic nitrogens is 6. The van der Waals surface area contributed by atoms with Crippen LogP contribution >= 0.6 is 22.7 Å². The van der Waals surface area contributed by atoms with Crippen molar-refractivity contribution in [3.05, 3.63) is 53.0 Å². The number of fused-ring (bicyclic) bond motifs is 1. The Morgan fingerprint density at radius 1 is 1.07 bits per heavy atom. The molecule has 28 heavy (non-hydrogen) atoms. The number of hydrogen-bond acceptors (Lipinski definition) is 8. The zero-order valence-corrected chi connectivity index (χ0v) is 16.7. The van der Waals surface area contributed by atoms with E-state index in [1.807, 2.05) is 37.3 Å². The van der Waals surface area contributed by atoms with Crippen molar-refractivity contribution < 1.29 is 4.74 Å². The van der Waals surface area contributed by atoms with Crippen LogP contribution in [0.1, 0.15) is 5.82 Å². The largest absolute Gasteiger partial charge is 0.497 e. The maximum atomic E-state index is 5.29. The maximum Gasteiger partial charge on any atom is 0.205 e. The van der Waals surface area contributed by atoms with E-state index in [2.05, 4.69) is 42.2 Å². The van der Waals surface area contributed by atoms with Crippen molar-refractivity contribution >= 4 is 32.9 Å². The van der Waals surface area contributed by atoms with E-state index >= 15 is 0 Å². The van der Waals surface area contributed by atoms with Crippen LogP contribution in [-0.2, 0) is 0 Å². The molecule has 0 radical (unpaired) electrons. The Hall–Kier alpha value is -3.17. The van der Waals surface area contributed by atoms with Gasteiger partial charge in [0.25, 0.3) is 0 Å². The predicted octanol–water partition coefficient (Wildman–Crippen LogP) is 4.38. The lowest BCUT2D eigenvalue weighted by atomic mass is 10.2. The normalized spacial score (nSPS) is 11.2. The number of benzene rings is 1. The molecule has 0 N–H and O–H groups in total. The molecule has 9 heteroatoms. The predicted molar refractivity (Wildman–Crippen MR) is 110 cm³/mol. The summed E-state index contributed by atoms with van der Waals surface area (Å²) in [7, 11) is 1.63. The van der Waals surface area contributed by atoms with Crippen molar-refractivity contribution in [1.29, 1.82) is 0 Å². The van der Waals surface area contributed by atoms with Gasteiger partial charge in [0.15, 0.2) is 5.82 Å². The van der Waals surface area contributed by atoms with Crippen molar-refractivity contribution in [3.8, 4) is 33.4 Å². The second-order valence-corrected chi connectivity index (χ2v) is 7.84. The van der Waals surface area contributed by atoms with Crippen LogP contribution in [0, 0.1) is 6.92 Å². The molecule has 0 atom stereocenters. The minimum atomic E-state index is 0.510. The third-order valence-electron chi connectivity index (χ3n) is 4.24. The fraction of sp³-hybridized carbons (Fsp3) is 0.105. The van der Waals surface area contributed by atoms with E-state index in [0.29, 0.717) is 17.5 Å². The molecule has 7 nitrogen and oxygen atoms in total. The number of nitrogens with zero attached hydrogens (tertiary/aromatic N) is 6. The van der Waals surface area contributed by atoms with Crippen LogP contribution in [0.4, 0.5) is 0 Å². The Kier molecular flexibility index (Phi) is 4.10. The number of aryl methyl sites for hydroxylation is 1. The third kappa shape index (κ3) is 2.85. The molecule has 5 aromatic rings. The van der Waals surface area contributed by atoms with Gasteiger partial charge in [-0.15, -0.1) is 37.7 Å². The lowest BCUT2D eigenvalue weighted by molar-refractivity contribution is 0.415.